The number of hydrogen-bond acceptors (Lipinski definition) is 8. The Morgan fingerprint density at radius 2 is 1.22 bits per heavy atom. The fourth-order valence-corrected chi connectivity index (χ4v) is 6.57. The quantitative estimate of drug-likeness (QED) is 0.118. The van der Waals surface area contributed by atoms with Crippen LogP contribution in [-0.4, -0.2) is 76.8 Å². The summed E-state index contributed by atoms with van der Waals surface area (Å²) in [7, 11) is 0. The summed E-state index contributed by atoms with van der Waals surface area (Å²) in [6, 6.07) is 11.8. The molecule has 14 heteroatoms. The summed E-state index contributed by atoms with van der Waals surface area (Å²) in [6.07, 6.45) is 0.0454. The average molecular weight is 653 g/mol. The fraction of sp³-hybridized carbons (Fsp3) is 0.188. The highest BCUT2D eigenvalue weighted by molar-refractivity contribution is 7.99. The van der Waals surface area contributed by atoms with E-state index in [1.54, 1.807) is 36.4 Å². The third kappa shape index (κ3) is 5.42. The lowest BCUT2D eigenvalue weighted by Gasteiger charge is -2.39. The first kappa shape index (κ1) is 30.3. The molecule has 236 valence electrons. The highest BCUT2D eigenvalue weighted by Gasteiger charge is 2.45. The molecule has 3 aliphatic rings. The normalized spacial score (nSPS) is 22.5. The monoisotopic (exact) mass is 652 g/mol. The lowest BCUT2D eigenvalue weighted by molar-refractivity contribution is -0.205. The van der Waals surface area contributed by atoms with Gasteiger partial charge in [-0.2, -0.15) is 0 Å². The third-order valence-corrected chi connectivity index (χ3v) is 8.96. The molecule has 46 heavy (non-hydrogen) atoms. The molecule has 0 spiro atoms. The van der Waals surface area contributed by atoms with Gasteiger partial charge in [0.1, 0.15) is 29.9 Å². The Kier molecular flexibility index (Phi) is 7.79. The van der Waals surface area contributed by atoms with Crippen molar-refractivity contribution in [3.63, 3.8) is 0 Å². The van der Waals surface area contributed by atoms with Crippen LogP contribution in [0, 0.1) is 23.3 Å². The molecule has 9 nitrogen and oxygen atoms in total. The number of aliphatic hydroxyl groups excluding tert-OH is 4. The van der Waals surface area contributed by atoms with Gasteiger partial charge in [0.25, 0.3) is 0 Å². The van der Waals surface area contributed by atoms with Crippen LogP contribution < -0.4 is 0 Å². The minimum atomic E-state index is -1.90. The standard InChI is InChI=1S/C32H24F4N4O5S/c33-24-23(25(34)27(36)31(26(24)35)46-32-30(44)29(43)28(42)22(12-41)45-32)20-10-19-9-17-4-3-15(38-17)7-13-1-2-14(37-13)8-16-5-6-18(39-16)11-21(20)40-19/h1-11,22,28-30,32,37,40-44H,12H2/t22-,28-,29+,30-,32+/m1/s1. The number of halogens is 4. The number of nitrogens with zero attached hydrogens (tertiary/aromatic N) is 2. The number of hydrogen-bond donors (Lipinski definition) is 6. The van der Waals surface area contributed by atoms with Crippen LogP contribution in [0.2, 0.25) is 0 Å². The van der Waals surface area contributed by atoms with E-state index in [-0.39, 0.29) is 22.8 Å². The van der Waals surface area contributed by atoms with E-state index in [1.165, 1.54) is 12.1 Å². The van der Waals surface area contributed by atoms with Crippen LogP contribution in [0.25, 0.3) is 57.5 Å². The molecule has 0 aliphatic carbocycles. The molecule has 1 aromatic carbocycles. The number of H-pyrrole nitrogens is 2. The first-order valence-electron chi connectivity index (χ1n) is 14.0. The lowest BCUT2D eigenvalue weighted by atomic mass is 10.0. The van der Waals surface area contributed by atoms with E-state index in [0.717, 1.165) is 11.0 Å². The van der Waals surface area contributed by atoms with Gasteiger partial charge in [0.15, 0.2) is 23.3 Å². The van der Waals surface area contributed by atoms with Gasteiger partial charge in [-0.1, -0.05) is 11.8 Å². The zero-order valence-corrected chi connectivity index (χ0v) is 24.3. The Bertz CT molecular complexity index is 2070. The third-order valence-electron chi connectivity index (χ3n) is 7.74. The summed E-state index contributed by atoms with van der Waals surface area (Å²) < 4.78 is 68.0. The maximum absolute atomic E-state index is 15.8. The summed E-state index contributed by atoms with van der Waals surface area (Å²) in [5.74, 6) is -6.96. The zero-order valence-electron chi connectivity index (χ0n) is 23.5. The van der Waals surface area contributed by atoms with Crippen molar-refractivity contribution >= 4 is 58.1 Å². The van der Waals surface area contributed by atoms with E-state index in [1.807, 2.05) is 18.2 Å². The number of thioether (sulfide) groups is 1. The maximum Gasteiger partial charge on any atom is 0.176 e. The Labute approximate surface area is 261 Å². The number of benzene rings is 1. The molecule has 3 aromatic heterocycles. The minimum Gasteiger partial charge on any atom is -0.394 e. The minimum absolute atomic E-state index is 0.0742. The molecule has 5 atom stereocenters. The van der Waals surface area contributed by atoms with Gasteiger partial charge in [0, 0.05) is 27.6 Å². The number of aromatic nitrogens is 4. The van der Waals surface area contributed by atoms with E-state index in [9.17, 15) is 20.4 Å². The van der Waals surface area contributed by atoms with Crippen molar-refractivity contribution in [3.05, 3.63) is 88.5 Å². The highest BCUT2D eigenvalue weighted by Crippen LogP contribution is 2.42. The van der Waals surface area contributed by atoms with Crippen LogP contribution in [0.3, 0.4) is 0 Å². The molecule has 0 saturated carbocycles. The molecular weight excluding hydrogens is 628 g/mol. The SMILES string of the molecule is OC[C@H]1O[C@@H](Sc2c(F)c(F)c(-c3cc4cc5nc(cc6ccc(cc7nc(cc3[nH]4)C=C7)[nH]6)C=C5)c(F)c2F)[C@H](O)[C@@H](O)[C@@H]1O. The van der Waals surface area contributed by atoms with E-state index < -0.39 is 70.2 Å². The van der Waals surface area contributed by atoms with Crippen LogP contribution in [0.4, 0.5) is 17.6 Å². The summed E-state index contributed by atoms with van der Waals surface area (Å²) in [5, 5.41) is 39.8. The van der Waals surface area contributed by atoms with E-state index in [0.29, 0.717) is 28.3 Å². The van der Waals surface area contributed by atoms with Crippen molar-refractivity contribution < 1.29 is 42.7 Å². The van der Waals surface area contributed by atoms with Gasteiger partial charge in [-0.15, -0.1) is 0 Å². The first-order valence-corrected chi connectivity index (χ1v) is 14.9. The van der Waals surface area contributed by atoms with Gasteiger partial charge in [0.2, 0.25) is 0 Å². The van der Waals surface area contributed by atoms with Crippen molar-refractivity contribution in [2.45, 2.75) is 34.7 Å². The highest BCUT2D eigenvalue weighted by atomic mass is 32.2. The van der Waals surface area contributed by atoms with Crippen molar-refractivity contribution in [2.75, 3.05) is 6.61 Å². The van der Waals surface area contributed by atoms with E-state index in [2.05, 4.69) is 19.9 Å². The average Bonchev–Trinajstić information content (AvgIpc) is 3.85. The fourth-order valence-electron chi connectivity index (χ4n) is 5.46. The molecule has 8 bridgehead atoms. The predicted octanol–water partition coefficient (Wildman–Crippen LogP) is 4.77. The Hall–Kier alpha value is -4.31. The second kappa shape index (κ2) is 11.8. The smallest absolute Gasteiger partial charge is 0.176 e. The van der Waals surface area contributed by atoms with Crippen molar-refractivity contribution in [2.24, 2.45) is 0 Å². The van der Waals surface area contributed by atoms with Crippen molar-refractivity contribution in [1.29, 1.82) is 0 Å². The maximum atomic E-state index is 15.8. The van der Waals surface area contributed by atoms with Crippen LogP contribution in [0.5, 0.6) is 0 Å². The van der Waals surface area contributed by atoms with Crippen LogP contribution in [-0.2, 0) is 4.74 Å². The van der Waals surface area contributed by atoms with Crippen LogP contribution >= 0.6 is 11.8 Å². The lowest BCUT2D eigenvalue weighted by Crippen LogP contribution is -2.57. The first-order chi connectivity index (χ1) is 22.1. The Balaban J connectivity index is 1.38. The van der Waals surface area contributed by atoms with Gasteiger partial charge in [-0.05, 0) is 66.8 Å². The molecule has 1 saturated heterocycles. The number of nitrogens with one attached hydrogen (secondary N) is 2. The second-order valence-corrected chi connectivity index (χ2v) is 12.0. The van der Waals surface area contributed by atoms with Gasteiger partial charge in [-0.3, -0.25) is 0 Å². The molecule has 6 heterocycles. The summed E-state index contributed by atoms with van der Waals surface area (Å²) in [4.78, 5) is 14.2. The number of rotatable bonds is 4. The number of aliphatic hydroxyl groups is 4. The van der Waals surface area contributed by atoms with Crippen LogP contribution in [0.1, 0.15) is 22.8 Å². The topological polar surface area (TPSA) is 148 Å². The predicted molar refractivity (Wildman–Crippen MR) is 164 cm³/mol. The molecule has 1 fully saturated rings. The summed E-state index contributed by atoms with van der Waals surface area (Å²) in [5.41, 5.74) is 1.30. The molecule has 3 aliphatic heterocycles. The number of ether oxygens (including phenoxy) is 1. The Morgan fingerprint density at radius 3 is 1.78 bits per heavy atom. The molecule has 0 amide bonds. The number of aromatic amines is 2. The molecular formula is C32H24F4N4O5S. The summed E-state index contributed by atoms with van der Waals surface area (Å²) in [6.45, 7) is -0.800. The van der Waals surface area contributed by atoms with Gasteiger partial charge in [-0.25, -0.2) is 27.5 Å². The molecule has 4 aromatic rings. The summed E-state index contributed by atoms with van der Waals surface area (Å²) >= 11 is 0.0742. The molecule has 6 N–H and O–H groups in total. The van der Waals surface area contributed by atoms with Gasteiger partial charge >= 0.3 is 0 Å². The molecule has 0 unspecified atom stereocenters. The van der Waals surface area contributed by atoms with Crippen LogP contribution in [0.15, 0.2) is 47.4 Å². The van der Waals surface area contributed by atoms with Crippen molar-refractivity contribution in [3.8, 4) is 11.1 Å². The Morgan fingerprint density at radius 1 is 0.674 bits per heavy atom. The van der Waals surface area contributed by atoms with Gasteiger partial charge in [0.05, 0.1) is 39.8 Å². The number of fused-ring (bicyclic) bond motifs is 8. The van der Waals surface area contributed by atoms with Gasteiger partial charge < -0.3 is 35.1 Å². The second-order valence-electron chi connectivity index (χ2n) is 10.9. The van der Waals surface area contributed by atoms with E-state index in [4.69, 9.17) is 4.74 Å². The van der Waals surface area contributed by atoms with E-state index >= 15 is 17.6 Å². The van der Waals surface area contributed by atoms with Crippen molar-refractivity contribution in [1.82, 2.24) is 19.9 Å². The molecule has 7 rings (SSSR count). The molecule has 0 radical (unpaired) electrons. The zero-order chi connectivity index (χ0) is 32.3. The largest absolute Gasteiger partial charge is 0.394 e.